The number of amides is 2. The fourth-order valence-electron chi connectivity index (χ4n) is 2.74. The third-order valence-corrected chi connectivity index (χ3v) is 5.73. The van der Waals surface area contributed by atoms with Crippen molar-refractivity contribution in [2.75, 3.05) is 12.4 Å². The molecule has 0 atom stereocenters. The van der Waals surface area contributed by atoms with Crippen molar-refractivity contribution in [2.24, 2.45) is 0 Å². The topological polar surface area (TPSA) is 106 Å². The summed E-state index contributed by atoms with van der Waals surface area (Å²) in [5.74, 6) is -0.218. The van der Waals surface area contributed by atoms with Gasteiger partial charge in [-0.1, -0.05) is 11.6 Å². The van der Waals surface area contributed by atoms with Crippen molar-refractivity contribution in [3.05, 3.63) is 59.8 Å². The predicted octanol–water partition coefficient (Wildman–Crippen LogP) is 3.37. The number of nitrogens with zero attached hydrogens (tertiary/aromatic N) is 1. The Balaban J connectivity index is 1.60. The first kappa shape index (κ1) is 20.7. The van der Waals surface area contributed by atoms with Crippen LogP contribution in [0, 0.1) is 0 Å². The lowest BCUT2D eigenvalue weighted by atomic mass is 10.2. The number of carbonyl (C=O) groups excluding carboxylic acids is 2. The normalized spacial score (nSPS) is 11.2. The average Bonchev–Trinajstić information content (AvgIpc) is 3.08. The molecule has 1 aromatic heterocycles. The lowest BCUT2D eigenvalue weighted by Crippen LogP contribution is -2.30. The summed E-state index contributed by atoms with van der Waals surface area (Å²) in [6, 6.07) is 12.9. The fraction of sp³-hybridized carbons (Fsp3) is 0.158. The number of fused-ring (bicyclic) bond motifs is 1. The van der Waals surface area contributed by atoms with Crippen molar-refractivity contribution in [1.82, 2.24) is 9.29 Å². The van der Waals surface area contributed by atoms with Crippen LogP contribution >= 0.6 is 11.6 Å². The summed E-state index contributed by atoms with van der Waals surface area (Å²) in [5, 5.41) is 4.36. The van der Waals surface area contributed by atoms with Crippen molar-refractivity contribution in [3.63, 3.8) is 0 Å². The second-order valence-corrected chi connectivity index (χ2v) is 8.25. The maximum Gasteiger partial charge on any atom is 0.420 e. The number of nitrogens with one attached hydrogen (secondary N) is 2. The Morgan fingerprint density at radius 1 is 1.10 bits per heavy atom. The molecule has 0 spiro atoms. The molecule has 0 radical (unpaired) electrons. The number of sulfonamides is 1. The standard InChI is InChI=1S/C19H18ClN3O5S/c1-28-19(25)22-29(26,27)16-5-3-15(4-6-16)21-18(24)9-11-23-10-8-13-12-14(20)2-7-17(13)23/h2-8,10,12H,9,11H2,1H3,(H,21,24)(H,22,25). The molecule has 2 amide bonds. The minimum atomic E-state index is -4.03. The number of anilines is 1. The monoisotopic (exact) mass is 435 g/mol. The van der Waals surface area contributed by atoms with Gasteiger partial charge in [0.05, 0.1) is 12.0 Å². The van der Waals surface area contributed by atoms with Gasteiger partial charge in [-0.2, -0.15) is 0 Å². The summed E-state index contributed by atoms with van der Waals surface area (Å²) >= 11 is 5.98. The van der Waals surface area contributed by atoms with Crippen LogP contribution in [0.4, 0.5) is 10.5 Å². The molecule has 0 aliphatic rings. The number of ether oxygens (including phenoxy) is 1. The molecule has 0 saturated carbocycles. The average molecular weight is 436 g/mol. The molecular weight excluding hydrogens is 418 g/mol. The molecule has 152 valence electrons. The van der Waals surface area contributed by atoms with Gasteiger partial charge in [0.25, 0.3) is 10.0 Å². The van der Waals surface area contributed by atoms with Gasteiger partial charge in [0, 0.05) is 40.8 Å². The fourth-order valence-corrected chi connectivity index (χ4v) is 3.83. The van der Waals surface area contributed by atoms with Crippen LogP contribution in [0.3, 0.4) is 0 Å². The number of benzene rings is 2. The molecule has 0 unspecified atom stereocenters. The highest BCUT2D eigenvalue weighted by Gasteiger charge is 2.17. The van der Waals surface area contributed by atoms with Gasteiger partial charge in [-0.15, -0.1) is 0 Å². The van der Waals surface area contributed by atoms with Gasteiger partial charge >= 0.3 is 6.09 Å². The quantitative estimate of drug-likeness (QED) is 0.617. The highest BCUT2D eigenvalue weighted by molar-refractivity contribution is 7.90. The number of aryl methyl sites for hydroxylation is 1. The molecule has 0 aliphatic heterocycles. The highest BCUT2D eigenvalue weighted by Crippen LogP contribution is 2.21. The zero-order chi connectivity index (χ0) is 21.0. The maximum absolute atomic E-state index is 12.2. The molecule has 3 aromatic rings. The van der Waals surface area contributed by atoms with Crippen molar-refractivity contribution in [1.29, 1.82) is 0 Å². The molecule has 2 aromatic carbocycles. The Bertz CT molecular complexity index is 1160. The molecular formula is C19H18ClN3O5S. The minimum absolute atomic E-state index is 0.127. The van der Waals surface area contributed by atoms with Crippen molar-refractivity contribution < 1.29 is 22.7 Å². The number of carbonyl (C=O) groups is 2. The van der Waals surface area contributed by atoms with Gasteiger partial charge < -0.3 is 14.6 Å². The third-order valence-electron chi connectivity index (χ3n) is 4.16. The van der Waals surface area contributed by atoms with Crippen LogP contribution in [0.1, 0.15) is 6.42 Å². The molecule has 10 heteroatoms. The maximum atomic E-state index is 12.2. The van der Waals surface area contributed by atoms with Crippen LogP contribution in [0.2, 0.25) is 5.02 Å². The van der Waals surface area contributed by atoms with E-state index >= 15 is 0 Å². The van der Waals surface area contributed by atoms with Gasteiger partial charge in [0.2, 0.25) is 5.91 Å². The zero-order valence-electron chi connectivity index (χ0n) is 15.4. The number of hydrogen-bond acceptors (Lipinski definition) is 5. The lowest BCUT2D eigenvalue weighted by Gasteiger charge is -2.09. The van der Waals surface area contributed by atoms with Crippen molar-refractivity contribution >= 4 is 50.2 Å². The van der Waals surface area contributed by atoms with Crippen LogP contribution < -0.4 is 10.0 Å². The summed E-state index contributed by atoms with van der Waals surface area (Å²) in [6.45, 7) is 0.479. The van der Waals surface area contributed by atoms with Gasteiger partial charge in [0.1, 0.15) is 0 Å². The molecule has 0 aliphatic carbocycles. The van der Waals surface area contributed by atoms with Gasteiger partial charge in [-0.25, -0.2) is 17.9 Å². The van der Waals surface area contributed by atoms with E-state index in [4.69, 9.17) is 11.6 Å². The number of hydrogen-bond donors (Lipinski definition) is 2. The summed E-state index contributed by atoms with van der Waals surface area (Å²) in [5.41, 5.74) is 1.42. The van der Waals surface area contributed by atoms with Crippen LogP contribution in [-0.4, -0.2) is 32.1 Å². The van der Waals surface area contributed by atoms with Crippen LogP contribution in [-0.2, 0) is 26.1 Å². The van der Waals surface area contributed by atoms with Gasteiger partial charge in [-0.3, -0.25) is 4.79 Å². The zero-order valence-corrected chi connectivity index (χ0v) is 17.0. The first-order valence-electron chi connectivity index (χ1n) is 8.53. The van der Waals surface area contributed by atoms with E-state index in [9.17, 15) is 18.0 Å². The Hall–Kier alpha value is -3.04. The van der Waals surface area contributed by atoms with E-state index in [0.717, 1.165) is 18.0 Å². The van der Waals surface area contributed by atoms with Crippen molar-refractivity contribution in [3.8, 4) is 0 Å². The van der Waals surface area contributed by atoms with Gasteiger partial charge in [-0.05, 0) is 48.5 Å². The SMILES string of the molecule is COC(=O)NS(=O)(=O)c1ccc(NC(=O)CCn2ccc3cc(Cl)ccc32)cc1. The summed E-state index contributed by atoms with van der Waals surface area (Å²) in [7, 11) is -2.97. The first-order valence-corrected chi connectivity index (χ1v) is 10.4. The predicted molar refractivity (Wildman–Crippen MR) is 109 cm³/mol. The molecule has 0 fully saturated rings. The number of methoxy groups -OCH3 is 1. The summed E-state index contributed by atoms with van der Waals surface area (Å²) in [6.07, 6.45) is 1.04. The molecule has 1 heterocycles. The summed E-state index contributed by atoms with van der Waals surface area (Å²) < 4.78 is 32.0. The van der Waals surface area contributed by atoms with E-state index in [1.807, 2.05) is 29.0 Å². The Morgan fingerprint density at radius 3 is 2.52 bits per heavy atom. The van der Waals surface area contributed by atoms with E-state index in [0.29, 0.717) is 17.3 Å². The molecule has 8 nitrogen and oxygen atoms in total. The largest absolute Gasteiger partial charge is 0.452 e. The molecule has 0 saturated heterocycles. The Labute approximate surface area is 172 Å². The number of rotatable bonds is 6. The second-order valence-electron chi connectivity index (χ2n) is 6.13. The van der Waals surface area contributed by atoms with Crippen LogP contribution in [0.5, 0.6) is 0 Å². The van der Waals surface area contributed by atoms with Crippen LogP contribution in [0.15, 0.2) is 59.6 Å². The van der Waals surface area contributed by atoms with E-state index in [1.54, 1.807) is 10.8 Å². The third kappa shape index (κ3) is 5.07. The Kier molecular flexibility index (Phi) is 6.09. The lowest BCUT2D eigenvalue weighted by molar-refractivity contribution is -0.116. The van der Waals surface area contributed by atoms with E-state index in [-0.39, 0.29) is 17.2 Å². The van der Waals surface area contributed by atoms with Crippen LogP contribution in [0.25, 0.3) is 10.9 Å². The van der Waals surface area contributed by atoms with Gasteiger partial charge in [0.15, 0.2) is 0 Å². The van der Waals surface area contributed by atoms with E-state index in [2.05, 4.69) is 10.1 Å². The number of aromatic nitrogens is 1. The Morgan fingerprint density at radius 2 is 1.83 bits per heavy atom. The van der Waals surface area contributed by atoms with E-state index < -0.39 is 16.1 Å². The highest BCUT2D eigenvalue weighted by atomic mass is 35.5. The smallest absolute Gasteiger partial charge is 0.420 e. The summed E-state index contributed by atoms with van der Waals surface area (Å²) in [4.78, 5) is 23.2. The second kappa shape index (κ2) is 8.54. The minimum Gasteiger partial charge on any atom is -0.452 e. The van der Waals surface area contributed by atoms with E-state index in [1.165, 1.54) is 24.3 Å². The molecule has 3 rings (SSSR count). The van der Waals surface area contributed by atoms with Crippen molar-refractivity contribution in [2.45, 2.75) is 17.9 Å². The molecule has 0 bridgehead atoms. The molecule has 2 N–H and O–H groups in total. The first-order chi connectivity index (χ1) is 13.8. The number of halogens is 1. The molecule has 29 heavy (non-hydrogen) atoms.